The molecule has 0 aliphatic rings. The molecule has 0 aliphatic carbocycles. The lowest BCUT2D eigenvalue weighted by Crippen LogP contribution is -2.28. The van der Waals surface area contributed by atoms with E-state index in [4.69, 9.17) is 9.47 Å². The Morgan fingerprint density at radius 3 is 2.50 bits per heavy atom. The summed E-state index contributed by atoms with van der Waals surface area (Å²) in [4.78, 5) is 24.5. The van der Waals surface area contributed by atoms with Crippen LogP contribution in [0.3, 0.4) is 0 Å². The standard InChI is InChI=1S/C25H30N2O5SSi/c1-31-24(28)22(26-25(29)32-18-19-8-6-5-7-9-19)17-20-10-11-23-21(16-20)12-13-27(23)33(30)14-15-34(2,3)4/h5-13,16-17H,14-15,18H2,1-4H3,(H,26,29). The molecule has 0 bridgehead atoms. The number of carbonyl (C=O) groups excluding carboxylic acids is 2. The fraction of sp³-hybridized carbons (Fsp3) is 0.280. The Hall–Kier alpha value is -3.17. The van der Waals surface area contributed by atoms with Crippen molar-refractivity contribution in [2.24, 2.45) is 0 Å². The molecule has 3 aromatic rings. The summed E-state index contributed by atoms with van der Waals surface area (Å²) in [5.41, 5.74) is 2.32. The number of rotatable bonds is 9. The van der Waals surface area contributed by atoms with Crippen LogP contribution in [0.5, 0.6) is 0 Å². The summed E-state index contributed by atoms with van der Waals surface area (Å²) in [6.45, 7) is 6.87. The molecular formula is C25H30N2O5SSi. The molecule has 1 N–H and O–H groups in total. The number of ether oxygens (including phenoxy) is 2. The summed E-state index contributed by atoms with van der Waals surface area (Å²) in [6, 6.07) is 17.6. The van der Waals surface area contributed by atoms with Gasteiger partial charge in [0.1, 0.15) is 23.3 Å². The number of methoxy groups -OCH3 is 1. The highest BCUT2D eigenvalue weighted by Crippen LogP contribution is 2.21. The fourth-order valence-corrected chi connectivity index (χ4v) is 7.11. The van der Waals surface area contributed by atoms with E-state index in [9.17, 15) is 13.8 Å². The van der Waals surface area contributed by atoms with Crippen molar-refractivity contribution in [3.63, 3.8) is 0 Å². The molecule has 1 atom stereocenters. The molecule has 0 radical (unpaired) electrons. The lowest BCUT2D eigenvalue weighted by molar-refractivity contribution is -0.136. The molecule has 2 aromatic carbocycles. The summed E-state index contributed by atoms with van der Waals surface area (Å²) in [5, 5.41) is 3.34. The van der Waals surface area contributed by atoms with Crippen molar-refractivity contribution >= 4 is 48.1 Å². The van der Waals surface area contributed by atoms with E-state index in [1.54, 1.807) is 10.0 Å². The second-order valence-electron chi connectivity index (χ2n) is 9.03. The summed E-state index contributed by atoms with van der Waals surface area (Å²) in [5.74, 6) is -0.0652. The van der Waals surface area contributed by atoms with Crippen molar-refractivity contribution in [1.29, 1.82) is 0 Å². The van der Waals surface area contributed by atoms with E-state index in [2.05, 4.69) is 25.0 Å². The van der Waals surface area contributed by atoms with Crippen molar-refractivity contribution in [2.45, 2.75) is 32.3 Å². The number of aromatic nitrogens is 1. The Balaban J connectivity index is 1.75. The lowest BCUT2D eigenvalue weighted by Gasteiger charge is -2.15. The minimum atomic E-state index is -1.28. The van der Waals surface area contributed by atoms with Gasteiger partial charge in [-0.15, -0.1) is 0 Å². The van der Waals surface area contributed by atoms with Gasteiger partial charge in [0.2, 0.25) is 0 Å². The maximum Gasteiger partial charge on any atom is 0.412 e. The molecule has 0 saturated heterocycles. The third kappa shape index (κ3) is 7.16. The Morgan fingerprint density at radius 1 is 1.09 bits per heavy atom. The van der Waals surface area contributed by atoms with Crippen LogP contribution < -0.4 is 5.32 Å². The Morgan fingerprint density at radius 2 is 1.82 bits per heavy atom. The molecule has 1 unspecified atom stereocenters. The zero-order chi connectivity index (χ0) is 24.7. The van der Waals surface area contributed by atoms with Crippen LogP contribution in [0.2, 0.25) is 25.7 Å². The van der Waals surface area contributed by atoms with Crippen LogP contribution in [0.4, 0.5) is 4.79 Å². The number of alkyl carbamates (subject to hydrolysis) is 1. The summed E-state index contributed by atoms with van der Waals surface area (Å²) in [6.07, 6.45) is 2.58. The molecule has 0 aliphatic heterocycles. The van der Waals surface area contributed by atoms with Gasteiger partial charge in [0.05, 0.1) is 12.6 Å². The second kappa shape index (κ2) is 11.3. The number of carbonyl (C=O) groups is 2. The van der Waals surface area contributed by atoms with Crippen molar-refractivity contribution in [2.75, 3.05) is 12.9 Å². The Bertz CT molecular complexity index is 1220. The highest BCUT2D eigenvalue weighted by Gasteiger charge is 2.17. The first kappa shape index (κ1) is 25.4. The van der Waals surface area contributed by atoms with Crippen LogP contribution in [0, 0.1) is 0 Å². The molecule has 9 heteroatoms. The van der Waals surface area contributed by atoms with Gasteiger partial charge in [-0.05, 0) is 41.4 Å². The van der Waals surface area contributed by atoms with Gasteiger partial charge in [-0.3, -0.25) is 9.29 Å². The number of hydrogen-bond donors (Lipinski definition) is 1. The van der Waals surface area contributed by atoms with Gasteiger partial charge < -0.3 is 9.47 Å². The SMILES string of the molecule is COC(=O)C(=Cc1ccc2c(ccn2S(=O)CC[Si](C)(C)C)c1)NC(=O)OCc1ccccc1. The number of amides is 1. The fourth-order valence-electron chi connectivity index (χ4n) is 3.19. The minimum absolute atomic E-state index is 0.0435. The molecule has 180 valence electrons. The largest absolute Gasteiger partial charge is 0.464 e. The van der Waals surface area contributed by atoms with E-state index in [0.29, 0.717) is 11.3 Å². The van der Waals surface area contributed by atoms with Gasteiger partial charge in [0.15, 0.2) is 0 Å². The van der Waals surface area contributed by atoms with Gasteiger partial charge in [-0.25, -0.2) is 13.8 Å². The highest BCUT2D eigenvalue weighted by molar-refractivity contribution is 7.83. The number of hydrogen-bond acceptors (Lipinski definition) is 5. The van der Waals surface area contributed by atoms with Crippen LogP contribution in [-0.2, 0) is 31.9 Å². The molecule has 34 heavy (non-hydrogen) atoms. The van der Waals surface area contributed by atoms with E-state index >= 15 is 0 Å². The Labute approximate surface area is 203 Å². The molecule has 0 saturated carbocycles. The number of benzene rings is 2. The zero-order valence-corrected chi connectivity index (χ0v) is 21.7. The zero-order valence-electron chi connectivity index (χ0n) is 19.9. The normalized spacial score (nSPS) is 12.9. The molecule has 1 amide bonds. The van der Waals surface area contributed by atoms with Crippen molar-refractivity contribution in [1.82, 2.24) is 9.29 Å². The van der Waals surface area contributed by atoms with Gasteiger partial charge in [-0.1, -0.05) is 56.0 Å². The van der Waals surface area contributed by atoms with Crippen molar-refractivity contribution in [3.8, 4) is 0 Å². The third-order valence-corrected chi connectivity index (χ3v) is 8.51. The molecule has 1 aromatic heterocycles. The predicted molar refractivity (Wildman–Crippen MR) is 138 cm³/mol. The van der Waals surface area contributed by atoms with Gasteiger partial charge >= 0.3 is 12.1 Å². The summed E-state index contributed by atoms with van der Waals surface area (Å²) in [7, 11) is -1.18. The van der Waals surface area contributed by atoms with Crippen LogP contribution in [0.25, 0.3) is 17.0 Å². The van der Waals surface area contributed by atoms with Gasteiger partial charge in [0.25, 0.3) is 0 Å². The maximum absolute atomic E-state index is 12.8. The van der Waals surface area contributed by atoms with Crippen LogP contribution in [0.1, 0.15) is 11.1 Å². The first-order valence-electron chi connectivity index (χ1n) is 10.9. The quantitative estimate of drug-likeness (QED) is 0.257. The van der Waals surface area contributed by atoms with Crippen LogP contribution in [-0.4, -0.2) is 41.2 Å². The topological polar surface area (TPSA) is 86.6 Å². The van der Waals surface area contributed by atoms with Crippen molar-refractivity contribution in [3.05, 3.63) is 77.6 Å². The lowest BCUT2D eigenvalue weighted by atomic mass is 10.1. The van der Waals surface area contributed by atoms with E-state index in [-0.39, 0.29) is 12.3 Å². The number of nitrogens with one attached hydrogen (secondary N) is 1. The molecule has 0 fully saturated rings. The monoisotopic (exact) mass is 498 g/mol. The minimum Gasteiger partial charge on any atom is -0.464 e. The molecule has 0 spiro atoms. The molecule has 3 rings (SSSR count). The average molecular weight is 499 g/mol. The van der Waals surface area contributed by atoms with E-state index in [1.165, 1.54) is 13.2 Å². The molecular weight excluding hydrogens is 468 g/mol. The first-order valence-corrected chi connectivity index (χ1v) is 15.9. The van der Waals surface area contributed by atoms with Gasteiger partial charge in [0, 0.05) is 25.4 Å². The summed E-state index contributed by atoms with van der Waals surface area (Å²) < 4.78 is 24.6. The maximum atomic E-state index is 12.8. The second-order valence-corrected chi connectivity index (χ2v) is 16.1. The van der Waals surface area contributed by atoms with E-state index < -0.39 is 31.1 Å². The smallest absolute Gasteiger partial charge is 0.412 e. The van der Waals surface area contributed by atoms with Crippen LogP contribution >= 0.6 is 0 Å². The molecule has 1 heterocycles. The van der Waals surface area contributed by atoms with Gasteiger partial charge in [-0.2, -0.15) is 0 Å². The van der Waals surface area contributed by atoms with Crippen molar-refractivity contribution < 1.29 is 23.3 Å². The number of nitrogens with zero attached hydrogens (tertiary/aromatic N) is 1. The molecule has 7 nitrogen and oxygen atoms in total. The number of fused-ring (bicyclic) bond motifs is 1. The first-order chi connectivity index (χ1) is 16.2. The predicted octanol–water partition coefficient (Wildman–Crippen LogP) is 4.93. The third-order valence-electron chi connectivity index (χ3n) is 5.09. The summed E-state index contributed by atoms with van der Waals surface area (Å²) >= 11 is 0. The highest BCUT2D eigenvalue weighted by atomic mass is 32.2. The Kier molecular flexibility index (Phi) is 8.46. The number of esters is 1. The van der Waals surface area contributed by atoms with E-state index in [1.807, 2.05) is 54.7 Å². The van der Waals surface area contributed by atoms with Crippen LogP contribution in [0.15, 0.2) is 66.5 Å². The average Bonchev–Trinajstić information content (AvgIpc) is 3.24. The van der Waals surface area contributed by atoms with E-state index in [0.717, 1.165) is 22.5 Å².